The molecule has 0 bridgehead atoms. The molecule has 1 aromatic rings. The summed E-state index contributed by atoms with van der Waals surface area (Å²) < 4.78 is 0. The van der Waals surface area contributed by atoms with Crippen LogP contribution in [0.1, 0.15) is 5.56 Å². The van der Waals surface area contributed by atoms with Crippen LogP contribution in [-0.4, -0.2) is 6.54 Å². The Morgan fingerprint density at radius 3 is 3.18 bits per heavy atom. The Kier molecular flexibility index (Phi) is 2.57. The molecule has 0 amide bonds. The van der Waals surface area contributed by atoms with Crippen molar-refractivity contribution in [1.82, 2.24) is 0 Å². The second-order valence-electron chi connectivity index (χ2n) is 2.27. The van der Waals surface area contributed by atoms with Crippen LogP contribution in [0.25, 0.3) is 0 Å². The molecule has 1 heteroatoms. The van der Waals surface area contributed by atoms with Gasteiger partial charge >= 0.3 is 0 Å². The molecule has 11 heavy (non-hydrogen) atoms. The molecule has 1 N–H and O–H groups in total. The molecule has 0 atom stereocenters. The Morgan fingerprint density at radius 2 is 2.55 bits per heavy atom. The summed E-state index contributed by atoms with van der Waals surface area (Å²) in [5.41, 5.74) is 2.16. The van der Waals surface area contributed by atoms with E-state index in [1.54, 1.807) is 0 Å². The maximum Gasteiger partial charge on any atom is 0.0763 e. The summed E-state index contributed by atoms with van der Waals surface area (Å²) >= 11 is 0. The van der Waals surface area contributed by atoms with Crippen LogP contribution < -0.4 is 5.32 Å². The molecule has 0 unspecified atom stereocenters. The molecule has 1 aromatic carbocycles. The first-order valence-corrected chi connectivity index (χ1v) is 3.49. The number of hydrogen-bond acceptors (Lipinski definition) is 1. The molecule has 0 saturated carbocycles. The summed E-state index contributed by atoms with van der Waals surface area (Å²) in [4.78, 5) is 0. The lowest BCUT2D eigenvalue weighted by Crippen LogP contribution is -1.99. The van der Waals surface area contributed by atoms with Crippen molar-refractivity contribution in [2.45, 2.75) is 6.92 Å². The molecule has 0 aliphatic carbocycles. The Morgan fingerprint density at radius 1 is 1.73 bits per heavy atom. The average Bonchev–Trinajstić information content (AvgIpc) is 2.03. The van der Waals surface area contributed by atoms with E-state index in [1.165, 1.54) is 0 Å². The van der Waals surface area contributed by atoms with Gasteiger partial charge in [0.1, 0.15) is 0 Å². The van der Waals surface area contributed by atoms with E-state index in [4.69, 9.17) is 6.42 Å². The van der Waals surface area contributed by atoms with E-state index in [0.29, 0.717) is 6.54 Å². The summed E-state index contributed by atoms with van der Waals surface area (Å²) in [5, 5.41) is 3.10. The first-order valence-electron chi connectivity index (χ1n) is 3.49. The first kappa shape index (κ1) is 7.68. The van der Waals surface area contributed by atoms with Crippen LogP contribution in [0, 0.1) is 25.3 Å². The van der Waals surface area contributed by atoms with Gasteiger partial charge in [-0.05, 0) is 24.6 Å². The van der Waals surface area contributed by atoms with E-state index >= 15 is 0 Å². The molecule has 1 rings (SSSR count). The molecule has 0 aliphatic heterocycles. The topological polar surface area (TPSA) is 12.0 Å². The smallest absolute Gasteiger partial charge is 0.0763 e. The Balaban J connectivity index is 2.71. The van der Waals surface area contributed by atoms with Crippen molar-refractivity contribution < 1.29 is 0 Å². The standard InChI is InChI=1S/C10H10N/c1-3-8-11-10-7-5-4-6-9(10)2/h1,4-5,7,11H,8H2,2H3. The lowest BCUT2D eigenvalue weighted by Gasteiger charge is -2.04. The maximum atomic E-state index is 5.10. The molecule has 0 aliphatic rings. The lowest BCUT2D eigenvalue weighted by molar-refractivity contribution is 1.33. The summed E-state index contributed by atoms with van der Waals surface area (Å²) in [6, 6.07) is 8.89. The average molecular weight is 144 g/mol. The molecule has 1 radical (unpaired) electrons. The van der Waals surface area contributed by atoms with Crippen molar-refractivity contribution in [3.05, 3.63) is 29.8 Å². The van der Waals surface area contributed by atoms with Crippen molar-refractivity contribution in [3.8, 4) is 12.3 Å². The Hall–Kier alpha value is -1.42. The van der Waals surface area contributed by atoms with Crippen molar-refractivity contribution in [3.63, 3.8) is 0 Å². The van der Waals surface area contributed by atoms with E-state index in [-0.39, 0.29) is 0 Å². The van der Waals surface area contributed by atoms with Crippen LogP contribution >= 0.6 is 0 Å². The molecular weight excluding hydrogens is 134 g/mol. The molecule has 0 saturated heterocycles. The van der Waals surface area contributed by atoms with E-state index in [9.17, 15) is 0 Å². The highest BCUT2D eigenvalue weighted by molar-refractivity contribution is 5.50. The summed E-state index contributed by atoms with van der Waals surface area (Å²) in [5.74, 6) is 2.52. The van der Waals surface area contributed by atoms with Crippen LogP contribution in [0.2, 0.25) is 0 Å². The van der Waals surface area contributed by atoms with Gasteiger partial charge in [0.05, 0.1) is 6.54 Å². The summed E-state index contributed by atoms with van der Waals surface area (Å²) in [6.07, 6.45) is 5.10. The summed E-state index contributed by atoms with van der Waals surface area (Å²) in [6.45, 7) is 2.57. The third-order valence-electron chi connectivity index (χ3n) is 1.44. The maximum absolute atomic E-state index is 5.10. The number of hydrogen-bond donors (Lipinski definition) is 1. The van der Waals surface area contributed by atoms with Gasteiger partial charge in [-0.1, -0.05) is 18.1 Å². The second-order valence-corrected chi connectivity index (χ2v) is 2.27. The van der Waals surface area contributed by atoms with Gasteiger partial charge < -0.3 is 5.32 Å². The predicted molar refractivity (Wildman–Crippen MR) is 47.3 cm³/mol. The van der Waals surface area contributed by atoms with Gasteiger partial charge in [-0.25, -0.2) is 0 Å². The molecule has 0 fully saturated rings. The minimum absolute atomic E-state index is 0.568. The van der Waals surface area contributed by atoms with Crippen molar-refractivity contribution in [1.29, 1.82) is 0 Å². The first-order chi connectivity index (χ1) is 5.34. The van der Waals surface area contributed by atoms with E-state index in [2.05, 4.69) is 17.3 Å². The number of nitrogens with one attached hydrogen (secondary N) is 1. The fourth-order valence-electron chi connectivity index (χ4n) is 0.858. The third kappa shape index (κ3) is 2.01. The van der Waals surface area contributed by atoms with Gasteiger partial charge in [0.15, 0.2) is 0 Å². The highest BCUT2D eigenvalue weighted by atomic mass is 14.9. The van der Waals surface area contributed by atoms with Gasteiger partial charge in [0, 0.05) is 5.69 Å². The van der Waals surface area contributed by atoms with Crippen LogP contribution in [0.3, 0.4) is 0 Å². The zero-order valence-electron chi connectivity index (χ0n) is 6.52. The number of aryl methyl sites for hydroxylation is 1. The van der Waals surface area contributed by atoms with Gasteiger partial charge in [-0.2, -0.15) is 0 Å². The van der Waals surface area contributed by atoms with Crippen LogP contribution in [-0.2, 0) is 0 Å². The zero-order valence-corrected chi connectivity index (χ0v) is 6.52. The number of terminal acetylenes is 1. The SMILES string of the molecule is C#CCNc1ccc[c]c1C. The highest BCUT2D eigenvalue weighted by Gasteiger charge is 1.92. The summed E-state index contributed by atoms with van der Waals surface area (Å²) in [7, 11) is 0. The molecular formula is C10H10N. The molecule has 0 heterocycles. The Labute approximate surface area is 67.4 Å². The van der Waals surface area contributed by atoms with Crippen molar-refractivity contribution >= 4 is 5.69 Å². The largest absolute Gasteiger partial charge is 0.374 e. The molecule has 1 nitrogen and oxygen atoms in total. The lowest BCUT2D eigenvalue weighted by atomic mass is 10.2. The second kappa shape index (κ2) is 3.68. The van der Waals surface area contributed by atoms with Gasteiger partial charge in [-0.3, -0.25) is 0 Å². The normalized spacial score (nSPS) is 8.73. The van der Waals surface area contributed by atoms with E-state index < -0.39 is 0 Å². The predicted octanol–water partition coefficient (Wildman–Crippen LogP) is 1.84. The molecule has 0 aromatic heterocycles. The van der Waals surface area contributed by atoms with Gasteiger partial charge in [0.2, 0.25) is 0 Å². The van der Waals surface area contributed by atoms with E-state index in [1.807, 2.05) is 25.1 Å². The third-order valence-corrected chi connectivity index (χ3v) is 1.44. The van der Waals surface area contributed by atoms with Gasteiger partial charge in [-0.15, -0.1) is 6.42 Å². The molecule has 55 valence electrons. The van der Waals surface area contributed by atoms with Crippen molar-refractivity contribution in [2.75, 3.05) is 11.9 Å². The fourth-order valence-corrected chi connectivity index (χ4v) is 0.858. The van der Waals surface area contributed by atoms with Crippen LogP contribution in [0.4, 0.5) is 5.69 Å². The number of anilines is 1. The highest BCUT2D eigenvalue weighted by Crippen LogP contribution is 2.11. The Bertz CT molecular complexity index is 270. The molecule has 0 spiro atoms. The monoisotopic (exact) mass is 144 g/mol. The number of rotatable bonds is 2. The minimum Gasteiger partial charge on any atom is -0.374 e. The van der Waals surface area contributed by atoms with Crippen LogP contribution in [0.5, 0.6) is 0 Å². The minimum atomic E-state index is 0.568. The zero-order chi connectivity index (χ0) is 8.10. The fraction of sp³-hybridized carbons (Fsp3) is 0.200. The van der Waals surface area contributed by atoms with E-state index in [0.717, 1.165) is 11.3 Å². The quantitative estimate of drug-likeness (QED) is 0.624. The number of benzene rings is 1. The van der Waals surface area contributed by atoms with Crippen molar-refractivity contribution in [2.24, 2.45) is 0 Å². The van der Waals surface area contributed by atoms with Gasteiger partial charge in [0.25, 0.3) is 0 Å². The van der Waals surface area contributed by atoms with Crippen LogP contribution in [0.15, 0.2) is 18.2 Å².